The Hall–Kier alpha value is -1.37. The van der Waals surface area contributed by atoms with Gasteiger partial charge in [0.05, 0.1) is 12.1 Å². The average molecular weight is 355 g/mol. The third-order valence-electron chi connectivity index (χ3n) is 4.33. The third-order valence-corrected chi connectivity index (χ3v) is 5.27. The van der Waals surface area contributed by atoms with Crippen molar-refractivity contribution in [3.8, 4) is 0 Å². The van der Waals surface area contributed by atoms with Gasteiger partial charge in [0.1, 0.15) is 0 Å². The number of halogens is 1. The summed E-state index contributed by atoms with van der Waals surface area (Å²) >= 11 is 1.75. The maximum atomic E-state index is 12.8. The van der Waals surface area contributed by atoms with Gasteiger partial charge in [-0.2, -0.15) is 5.10 Å². The van der Waals surface area contributed by atoms with Crippen LogP contribution in [0.5, 0.6) is 0 Å². The first-order valence-corrected chi connectivity index (χ1v) is 8.49. The van der Waals surface area contributed by atoms with Gasteiger partial charge in [0, 0.05) is 50.7 Å². The molecule has 3 rings (SSSR count). The normalized spacial score (nSPS) is 20.3. The van der Waals surface area contributed by atoms with E-state index in [-0.39, 0.29) is 30.2 Å². The molecule has 1 aliphatic heterocycles. The standard InChI is InChI=1S/C16H22N4OS.ClH/c1-19(6-5-13-4-3-7-22-13)16(21)15-10-17-9-14(15)12-8-18-20(2)11-12;/h3-4,7-8,11,14-15,17H,5-6,9-10H2,1-2H3;1H/t14-,15+;/m1./s1. The number of thiophene rings is 1. The summed E-state index contributed by atoms with van der Waals surface area (Å²) in [5, 5.41) is 9.67. The van der Waals surface area contributed by atoms with Gasteiger partial charge in [-0.1, -0.05) is 6.07 Å². The Balaban J connectivity index is 0.00000192. The van der Waals surface area contributed by atoms with Crippen LogP contribution in [0, 0.1) is 5.92 Å². The Labute approximate surface area is 147 Å². The Morgan fingerprint density at radius 3 is 3.00 bits per heavy atom. The van der Waals surface area contributed by atoms with Crippen LogP contribution in [0.15, 0.2) is 29.9 Å². The second-order valence-corrected chi connectivity index (χ2v) is 6.94. The van der Waals surface area contributed by atoms with Gasteiger partial charge in [-0.3, -0.25) is 9.48 Å². The average Bonchev–Trinajstić information content (AvgIpc) is 3.24. The van der Waals surface area contributed by atoms with Crippen LogP contribution < -0.4 is 5.32 Å². The van der Waals surface area contributed by atoms with Crippen molar-refractivity contribution in [1.29, 1.82) is 0 Å². The molecule has 126 valence electrons. The number of likely N-dealkylation sites (N-methyl/N-ethyl adjacent to an activating group) is 1. The lowest BCUT2D eigenvalue weighted by molar-refractivity contribution is -0.134. The highest BCUT2D eigenvalue weighted by molar-refractivity contribution is 7.09. The molecule has 1 fully saturated rings. The van der Waals surface area contributed by atoms with Crippen molar-refractivity contribution >= 4 is 29.7 Å². The Morgan fingerprint density at radius 2 is 2.35 bits per heavy atom. The van der Waals surface area contributed by atoms with E-state index < -0.39 is 0 Å². The lowest BCUT2D eigenvalue weighted by Crippen LogP contribution is -2.37. The second-order valence-electron chi connectivity index (χ2n) is 5.91. The Bertz CT molecular complexity index is 628. The van der Waals surface area contributed by atoms with E-state index in [0.29, 0.717) is 0 Å². The maximum Gasteiger partial charge on any atom is 0.227 e. The summed E-state index contributed by atoms with van der Waals surface area (Å²) in [5.41, 5.74) is 1.15. The number of aryl methyl sites for hydroxylation is 1. The van der Waals surface area contributed by atoms with E-state index in [4.69, 9.17) is 0 Å². The van der Waals surface area contributed by atoms with Gasteiger partial charge in [0.15, 0.2) is 0 Å². The molecule has 7 heteroatoms. The first kappa shape index (κ1) is 18.0. The number of nitrogens with one attached hydrogen (secondary N) is 1. The number of hydrogen-bond donors (Lipinski definition) is 1. The third kappa shape index (κ3) is 4.13. The number of rotatable bonds is 5. The van der Waals surface area contributed by atoms with Crippen molar-refractivity contribution in [2.75, 3.05) is 26.7 Å². The summed E-state index contributed by atoms with van der Waals surface area (Å²) < 4.78 is 1.80. The van der Waals surface area contributed by atoms with Gasteiger partial charge in [0.25, 0.3) is 0 Å². The van der Waals surface area contributed by atoms with E-state index in [1.807, 2.05) is 31.4 Å². The number of aromatic nitrogens is 2. The fourth-order valence-electron chi connectivity index (χ4n) is 3.05. The molecule has 5 nitrogen and oxygen atoms in total. The van der Waals surface area contributed by atoms with E-state index in [1.165, 1.54) is 4.88 Å². The molecule has 1 aliphatic rings. The van der Waals surface area contributed by atoms with Crippen molar-refractivity contribution in [2.24, 2.45) is 13.0 Å². The largest absolute Gasteiger partial charge is 0.345 e. The SMILES string of the molecule is CN(CCc1cccs1)C(=O)[C@H]1CNC[C@@H]1c1cnn(C)c1.Cl. The topological polar surface area (TPSA) is 50.2 Å². The summed E-state index contributed by atoms with van der Waals surface area (Å²) in [4.78, 5) is 16.0. The van der Waals surface area contributed by atoms with Gasteiger partial charge in [-0.05, 0) is 23.4 Å². The fourth-order valence-corrected chi connectivity index (χ4v) is 3.74. The minimum absolute atomic E-state index is 0. The van der Waals surface area contributed by atoms with E-state index in [0.717, 1.165) is 31.6 Å². The summed E-state index contributed by atoms with van der Waals surface area (Å²) in [6.07, 6.45) is 4.82. The molecule has 3 heterocycles. The number of nitrogens with zero attached hydrogens (tertiary/aromatic N) is 3. The van der Waals surface area contributed by atoms with E-state index >= 15 is 0 Å². The minimum atomic E-state index is 0. The van der Waals surface area contributed by atoms with Gasteiger partial charge < -0.3 is 10.2 Å². The van der Waals surface area contributed by atoms with Crippen LogP contribution in [0.4, 0.5) is 0 Å². The minimum Gasteiger partial charge on any atom is -0.345 e. The van der Waals surface area contributed by atoms with Crippen LogP contribution >= 0.6 is 23.7 Å². The van der Waals surface area contributed by atoms with Gasteiger partial charge in [-0.15, -0.1) is 23.7 Å². The highest BCUT2D eigenvalue weighted by Crippen LogP contribution is 2.29. The number of amides is 1. The summed E-state index contributed by atoms with van der Waals surface area (Å²) in [6, 6.07) is 4.18. The van der Waals surface area contributed by atoms with Crippen molar-refractivity contribution in [1.82, 2.24) is 20.0 Å². The first-order valence-electron chi connectivity index (χ1n) is 7.62. The molecule has 0 saturated carbocycles. The Kier molecular flexibility index (Phi) is 6.21. The molecule has 0 radical (unpaired) electrons. The summed E-state index contributed by atoms with van der Waals surface area (Å²) in [5.74, 6) is 0.471. The molecule has 1 N–H and O–H groups in total. The van der Waals surface area contributed by atoms with E-state index in [2.05, 4.69) is 27.9 Å². The highest BCUT2D eigenvalue weighted by atomic mass is 35.5. The molecule has 0 aromatic carbocycles. The molecular weight excluding hydrogens is 332 g/mol. The second kappa shape index (κ2) is 7.95. The molecule has 2 aromatic heterocycles. The highest BCUT2D eigenvalue weighted by Gasteiger charge is 2.36. The lowest BCUT2D eigenvalue weighted by atomic mass is 9.90. The van der Waals surface area contributed by atoms with Crippen LogP contribution in [0.1, 0.15) is 16.4 Å². The zero-order chi connectivity index (χ0) is 15.5. The van der Waals surface area contributed by atoms with E-state index in [1.54, 1.807) is 16.0 Å². The molecular formula is C16H23ClN4OS. The summed E-state index contributed by atoms with van der Waals surface area (Å²) in [7, 11) is 3.82. The smallest absolute Gasteiger partial charge is 0.227 e. The quantitative estimate of drug-likeness (QED) is 0.892. The summed E-state index contributed by atoms with van der Waals surface area (Å²) in [6.45, 7) is 2.37. The Morgan fingerprint density at radius 1 is 1.52 bits per heavy atom. The molecule has 2 aromatic rings. The number of carbonyl (C=O) groups is 1. The predicted molar refractivity (Wildman–Crippen MR) is 95.2 cm³/mol. The van der Waals surface area contributed by atoms with E-state index in [9.17, 15) is 4.79 Å². The number of hydrogen-bond acceptors (Lipinski definition) is 4. The fraction of sp³-hybridized carbons (Fsp3) is 0.500. The molecule has 0 aliphatic carbocycles. The van der Waals surface area contributed by atoms with Gasteiger partial charge in [-0.25, -0.2) is 0 Å². The van der Waals surface area contributed by atoms with Gasteiger partial charge >= 0.3 is 0 Å². The van der Waals surface area contributed by atoms with Crippen LogP contribution in [-0.4, -0.2) is 47.3 Å². The monoisotopic (exact) mass is 354 g/mol. The molecule has 0 unspecified atom stereocenters. The zero-order valence-electron chi connectivity index (χ0n) is 13.4. The lowest BCUT2D eigenvalue weighted by Gasteiger charge is -2.24. The van der Waals surface area contributed by atoms with Crippen LogP contribution in [0.2, 0.25) is 0 Å². The molecule has 0 bridgehead atoms. The first-order chi connectivity index (χ1) is 10.6. The molecule has 1 saturated heterocycles. The van der Waals surface area contributed by atoms with Crippen molar-refractivity contribution in [2.45, 2.75) is 12.3 Å². The van der Waals surface area contributed by atoms with Crippen LogP contribution in [0.25, 0.3) is 0 Å². The van der Waals surface area contributed by atoms with Gasteiger partial charge in [0.2, 0.25) is 5.91 Å². The maximum absolute atomic E-state index is 12.8. The van der Waals surface area contributed by atoms with Crippen LogP contribution in [0.3, 0.4) is 0 Å². The van der Waals surface area contributed by atoms with Crippen molar-refractivity contribution in [3.63, 3.8) is 0 Å². The van der Waals surface area contributed by atoms with Crippen LogP contribution in [-0.2, 0) is 18.3 Å². The molecule has 0 spiro atoms. The zero-order valence-corrected chi connectivity index (χ0v) is 15.1. The predicted octanol–water partition coefficient (Wildman–Crippen LogP) is 1.91. The molecule has 2 atom stereocenters. The molecule has 1 amide bonds. The van der Waals surface area contributed by atoms with Crippen molar-refractivity contribution in [3.05, 3.63) is 40.3 Å². The van der Waals surface area contributed by atoms with Crippen molar-refractivity contribution < 1.29 is 4.79 Å². The number of carbonyl (C=O) groups excluding carboxylic acids is 1. The molecule has 23 heavy (non-hydrogen) atoms.